The maximum atomic E-state index is 5.34. The molecule has 2 nitrogen and oxygen atoms in total. The number of hydrogen-bond acceptors (Lipinski definition) is 2. The molecule has 1 aromatic carbocycles. The topological polar surface area (TPSA) is 21.3 Å². The largest absolute Gasteiger partial charge is 0.497 e. The maximum absolute atomic E-state index is 5.34. The summed E-state index contributed by atoms with van der Waals surface area (Å²) in [6.45, 7) is 14.2. The molecule has 0 saturated heterocycles. The zero-order valence-electron chi connectivity index (χ0n) is 14.7. The number of ether oxygens (including phenoxy) is 1. The highest BCUT2D eigenvalue weighted by Gasteiger charge is 2.20. The molecule has 0 spiro atoms. The van der Waals surface area contributed by atoms with Gasteiger partial charge in [-0.2, -0.15) is 0 Å². The molecule has 3 heteroatoms. The highest BCUT2D eigenvalue weighted by molar-refractivity contribution is 6.76. The Labute approximate surface area is 132 Å². The number of benzene rings is 1. The van der Waals surface area contributed by atoms with Gasteiger partial charge in [-0.3, -0.25) is 0 Å². The zero-order chi connectivity index (χ0) is 15.9. The molecular weight excluding hydrogens is 274 g/mol. The van der Waals surface area contributed by atoms with E-state index in [1.165, 1.54) is 11.6 Å². The van der Waals surface area contributed by atoms with Gasteiger partial charge in [0.05, 0.1) is 7.11 Å². The monoisotopic (exact) mass is 307 g/mol. The molecule has 0 aliphatic carbocycles. The van der Waals surface area contributed by atoms with E-state index in [1.54, 1.807) is 7.11 Å². The Morgan fingerprint density at radius 2 is 1.86 bits per heavy atom. The number of hydrogen-bond donors (Lipinski definition) is 1. The molecule has 1 N–H and O–H groups in total. The fraction of sp³-hybridized carbons (Fsp3) is 0.667. The summed E-state index contributed by atoms with van der Waals surface area (Å²) in [5.74, 6) is 2.41. The first-order chi connectivity index (χ1) is 9.80. The van der Waals surface area contributed by atoms with Crippen molar-refractivity contribution in [1.82, 2.24) is 5.32 Å². The van der Waals surface area contributed by atoms with Crippen LogP contribution in [0.15, 0.2) is 24.3 Å². The highest BCUT2D eigenvalue weighted by atomic mass is 28.3. The van der Waals surface area contributed by atoms with Gasteiger partial charge in [-0.05, 0) is 49.0 Å². The minimum Gasteiger partial charge on any atom is -0.497 e. The molecule has 1 unspecified atom stereocenters. The summed E-state index contributed by atoms with van der Waals surface area (Å²) in [5.41, 5.74) is 1.39. The van der Waals surface area contributed by atoms with Gasteiger partial charge in [0, 0.05) is 8.07 Å². The normalized spacial score (nSPS) is 13.5. The quantitative estimate of drug-likeness (QED) is 0.681. The Kier molecular flexibility index (Phi) is 7.47. The Bertz CT molecular complexity index is 412. The van der Waals surface area contributed by atoms with Crippen LogP contribution in [0.3, 0.4) is 0 Å². The van der Waals surface area contributed by atoms with Crippen LogP contribution >= 0.6 is 0 Å². The van der Waals surface area contributed by atoms with Crippen LogP contribution in [0.4, 0.5) is 0 Å². The lowest BCUT2D eigenvalue weighted by Gasteiger charge is -2.25. The summed E-state index contributed by atoms with van der Waals surface area (Å²) in [6.07, 6.45) is 1.15. The third kappa shape index (κ3) is 8.27. The lowest BCUT2D eigenvalue weighted by molar-refractivity contribution is 0.413. The molecule has 1 aromatic rings. The number of methoxy groups -OCH3 is 1. The summed E-state index contributed by atoms with van der Waals surface area (Å²) >= 11 is 0. The van der Waals surface area contributed by atoms with E-state index in [9.17, 15) is 0 Å². The third-order valence-electron chi connectivity index (χ3n) is 3.55. The second-order valence-electron chi connectivity index (χ2n) is 7.74. The Hall–Kier alpha value is -0.803. The van der Waals surface area contributed by atoms with E-state index >= 15 is 0 Å². The Balaban J connectivity index is 2.66. The van der Waals surface area contributed by atoms with Gasteiger partial charge in [-0.1, -0.05) is 51.7 Å². The van der Waals surface area contributed by atoms with Crippen LogP contribution in [0, 0.1) is 11.8 Å². The van der Waals surface area contributed by atoms with Crippen LogP contribution in [0.25, 0.3) is 0 Å². The second kappa shape index (κ2) is 8.59. The standard InChI is InChI=1S/C18H33NOSi/c1-15(2)12-19-13-17(14-21(4,5)6)10-16-8-7-9-18(11-16)20-3/h7-9,11,15,17,19H,10,12-14H2,1-6H3. The highest BCUT2D eigenvalue weighted by Crippen LogP contribution is 2.22. The van der Waals surface area contributed by atoms with Gasteiger partial charge < -0.3 is 10.1 Å². The average Bonchev–Trinajstić information content (AvgIpc) is 2.36. The minimum atomic E-state index is -1.04. The van der Waals surface area contributed by atoms with Crippen molar-refractivity contribution in [3.05, 3.63) is 29.8 Å². The molecule has 0 aliphatic heterocycles. The number of nitrogens with one attached hydrogen (secondary N) is 1. The molecule has 0 bridgehead atoms. The summed E-state index contributed by atoms with van der Waals surface area (Å²) in [4.78, 5) is 0. The first kappa shape index (κ1) is 18.2. The molecule has 21 heavy (non-hydrogen) atoms. The fourth-order valence-electron chi connectivity index (χ4n) is 2.79. The Morgan fingerprint density at radius 1 is 1.14 bits per heavy atom. The molecule has 1 atom stereocenters. The number of rotatable bonds is 9. The van der Waals surface area contributed by atoms with Crippen molar-refractivity contribution < 1.29 is 4.74 Å². The van der Waals surface area contributed by atoms with Gasteiger partial charge in [0.25, 0.3) is 0 Å². The SMILES string of the molecule is COc1cccc(CC(CNCC(C)C)C[Si](C)(C)C)c1. The van der Waals surface area contributed by atoms with Gasteiger partial charge in [0.1, 0.15) is 5.75 Å². The van der Waals surface area contributed by atoms with Gasteiger partial charge >= 0.3 is 0 Å². The minimum absolute atomic E-state index is 0.717. The van der Waals surface area contributed by atoms with E-state index in [0.29, 0.717) is 5.92 Å². The van der Waals surface area contributed by atoms with E-state index in [2.05, 4.69) is 57.0 Å². The molecule has 0 saturated carbocycles. The molecule has 0 aliphatic rings. The summed E-state index contributed by atoms with van der Waals surface area (Å²) in [6, 6.07) is 9.90. The molecule has 0 heterocycles. The lowest BCUT2D eigenvalue weighted by atomic mass is 10.0. The third-order valence-corrected chi connectivity index (χ3v) is 5.35. The van der Waals surface area contributed by atoms with Crippen molar-refractivity contribution in [2.75, 3.05) is 20.2 Å². The van der Waals surface area contributed by atoms with E-state index < -0.39 is 8.07 Å². The Morgan fingerprint density at radius 3 is 2.43 bits per heavy atom. The van der Waals surface area contributed by atoms with Crippen LogP contribution in [-0.4, -0.2) is 28.3 Å². The predicted molar refractivity (Wildman–Crippen MR) is 96.0 cm³/mol. The fourth-order valence-corrected chi connectivity index (χ4v) is 4.81. The maximum Gasteiger partial charge on any atom is 0.119 e. The van der Waals surface area contributed by atoms with Crippen molar-refractivity contribution in [3.63, 3.8) is 0 Å². The first-order valence-corrected chi connectivity index (χ1v) is 11.8. The van der Waals surface area contributed by atoms with Crippen molar-refractivity contribution in [3.8, 4) is 5.75 Å². The van der Waals surface area contributed by atoms with Crippen molar-refractivity contribution >= 4 is 8.07 Å². The van der Waals surface area contributed by atoms with Gasteiger partial charge in [-0.25, -0.2) is 0 Å². The smallest absolute Gasteiger partial charge is 0.119 e. The van der Waals surface area contributed by atoms with Gasteiger partial charge in [0.2, 0.25) is 0 Å². The van der Waals surface area contributed by atoms with Crippen LogP contribution < -0.4 is 10.1 Å². The van der Waals surface area contributed by atoms with Gasteiger partial charge in [-0.15, -0.1) is 0 Å². The van der Waals surface area contributed by atoms with Crippen LogP contribution in [0.5, 0.6) is 5.75 Å². The van der Waals surface area contributed by atoms with Crippen LogP contribution in [-0.2, 0) is 6.42 Å². The molecule has 120 valence electrons. The van der Waals surface area contributed by atoms with E-state index in [4.69, 9.17) is 4.74 Å². The second-order valence-corrected chi connectivity index (χ2v) is 13.3. The average molecular weight is 308 g/mol. The van der Waals surface area contributed by atoms with Gasteiger partial charge in [0.15, 0.2) is 0 Å². The molecule has 1 rings (SSSR count). The van der Waals surface area contributed by atoms with E-state index in [0.717, 1.165) is 31.2 Å². The molecule has 0 fully saturated rings. The summed E-state index contributed by atoms with van der Waals surface area (Å²) < 4.78 is 5.34. The summed E-state index contributed by atoms with van der Waals surface area (Å²) in [5, 5.41) is 3.65. The molecule has 0 amide bonds. The van der Waals surface area contributed by atoms with Crippen molar-refractivity contribution in [2.24, 2.45) is 11.8 Å². The molecule has 0 aromatic heterocycles. The van der Waals surface area contributed by atoms with E-state index in [1.807, 2.05) is 6.07 Å². The van der Waals surface area contributed by atoms with Crippen molar-refractivity contribution in [1.29, 1.82) is 0 Å². The first-order valence-electron chi connectivity index (χ1n) is 8.14. The molecular formula is C18H33NOSi. The molecule has 0 radical (unpaired) electrons. The predicted octanol–water partition coefficient (Wildman–Crippen LogP) is 4.44. The van der Waals surface area contributed by atoms with E-state index in [-0.39, 0.29) is 0 Å². The van der Waals surface area contributed by atoms with Crippen molar-refractivity contribution in [2.45, 2.75) is 46.0 Å². The lowest BCUT2D eigenvalue weighted by Crippen LogP contribution is -2.33. The van der Waals surface area contributed by atoms with Crippen LogP contribution in [0.2, 0.25) is 25.7 Å². The van der Waals surface area contributed by atoms with Crippen LogP contribution in [0.1, 0.15) is 19.4 Å². The summed E-state index contributed by atoms with van der Waals surface area (Å²) in [7, 11) is 0.694. The zero-order valence-corrected chi connectivity index (χ0v) is 15.7.